The van der Waals surface area contributed by atoms with Gasteiger partial charge in [0.05, 0.1) is 12.2 Å². The van der Waals surface area contributed by atoms with Crippen molar-refractivity contribution < 1.29 is 22.7 Å². The van der Waals surface area contributed by atoms with Crippen LogP contribution in [0.5, 0.6) is 0 Å². The second-order valence-electron chi connectivity index (χ2n) is 7.35. The lowest BCUT2D eigenvalue weighted by atomic mass is 9.86. The van der Waals surface area contributed by atoms with E-state index in [-0.39, 0.29) is 30.7 Å². The monoisotopic (exact) mass is 426 g/mol. The van der Waals surface area contributed by atoms with Crippen molar-refractivity contribution >= 4 is 24.2 Å². The van der Waals surface area contributed by atoms with Crippen LogP contribution in [0.15, 0.2) is 42.5 Å². The van der Waals surface area contributed by atoms with Crippen LogP contribution in [0.2, 0.25) is 0 Å². The number of ether oxygens (including phenoxy) is 1. The molecule has 8 heteroatoms. The minimum absolute atomic E-state index is 0. The van der Waals surface area contributed by atoms with Crippen molar-refractivity contribution in [1.82, 2.24) is 4.90 Å². The first-order chi connectivity index (χ1) is 13.5. The molecule has 3 fully saturated rings. The lowest BCUT2D eigenvalue weighted by Gasteiger charge is -2.44. The van der Waals surface area contributed by atoms with Gasteiger partial charge in [-0.2, -0.15) is 0 Å². The van der Waals surface area contributed by atoms with E-state index in [4.69, 9.17) is 4.74 Å². The zero-order valence-corrected chi connectivity index (χ0v) is 16.5. The lowest BCUT2D eigenvalue weighted by Crippen LogP contribution is -2.53. The Balaban J connectivity index is 0.00000240. The number of amides is 1. The molecule has 1 amide bonds. The van der Waals surface area contributed by atoms with Crippen LogP contribution in [0.4, 0.5) is 23.7 Å². The summed E-state index contributed by atoms with van der Waals surface area (Å²) in [4.78, 5) is 16.3. The number of piperidine rings is 3. The normalized spacial score (nSPS) is 22.7. The molecule has 0 radical (unpaired) electrons. The smallest absolute Gasteiger partial charge is 0.415 e. The molecule has 29 heavy (non-hydrogen) atoms. The number of hydrogen-bond acceptors (Lipinski definition) is 3. The number of hydrogen-bond donors (Lipinski definition) is 0. The number of rotatable bonds is 4. The van der Waals surface area contributed by atoms with E-state index in [1.165, 1.54) is 24.3 Å². The minimum Gasteiger partial charge on any atom is -0.444 e. The van der Waals surface area contributed by atoms with Crippen LogP contribution >= 0.6 is 12.4 Å². The number of fused-ring (bicyclic) bond motifs is 3. The van der Waals surface area contributed by atoms with Crippen LogP contribution < -0.4 is 4.90 Å². The molecule has 0 aromatic heterocycles. The van der Waals surface area contributed by atoms with Crippen LogP contribution in [0.3, 0.4) is 0 Å². The Morgan fingerprint density at radius 2 is 1.76 bits per heavy atom. The summed E-state index contributed by atoms with van der Waals surface area (Å²) < 4.78 is 46.9. The number of anilines is 1. The average molecular weight is 427 g/mol. The fourth-order valence-corrected chi connectivity index (χ4v) is 3.98. The van der Waals surface area contributed by atoms with Crippen LogP contribution in [0.25, 0.3) is 0 Å². The van der Waals surface area contributed by atoms with Crippen molar-refractivity contribution in [3.05, 3.63) is 65.5 Å². The minimum atomic E-state index is -1.02. The van der Waals surface area contributed by atoms with Crippen LogP contribution in [0.1, 0.15) is 18.4 Å². The standard InChI is InChI=1S/C21H21F3N2O2.ClH/c22-16-6-5-14(11-18(16)24)12-26(19-4-2-1-3-17(19)23)21(27)28-20-13-25-9-7-15(20)8-10-25;/h1-6,11,15,20H,7-10,12-13H2;1H/t20-;/m0./s1. The lowest BCUT2D eigenvalue weighted by molar-refractivity contribution is -0.0311. The summed E-state index contributed by atoms with van der Waals surface area (Å²) in [5, 5.41) is 0. The van der Waals surface area contributed by atoms with E-state index in [9.17, 15) is 18.0 Å². The molecule has 2 aromatic rings. The maximum absolute atomic E-state index is 14.4. The van der Waals surface area contributed by atoms with E-state index >= 15 is 0 Å². The van der Waals surface area contributed by atoms with E-state index in [0.29, 0.717) is 18.0 Å². The van der Waals surface area contributed by atoms with Gasteiger partial charge >= 0.3 is 6.09 Å². The van der Waals surface area contributed by atoms with Gasteiger partial charge < -0.3 is 4.74 Å². The third kappa shape index (κ3) is 4.67. The van der Waals surface area contributed by atoms with Gasteiger partial charge in [-0.05, 0) is 61.7 Å². The quantitative estimate of drug-likeness (QED) is 0.706. The van der Waals surface area contributed by atoms with Gasteiger partial charge in [0.15, 0.2) is 11.6 Å². The molecule has 1 atom stereocenters. The van der Waals surface area contributed by atoms with Gasteiger partial charge in [-0.1, -0.05) is 18.2 Å². The van der Waals surface area contributed by atoms with Gasteiger partial charge in [0.25, 0.3) is 0 Å². The fraction of sp³-hybridized carbons (Fsp3) is 0.381. The van der Waals surface area contributed by atoms with Gasteiger partial charge in [-0.25, -0.2) is 18.0 Å². The molecular formula is C21H22ClF3N2O2. The molecule has 0 N–H and O–H groups in total. The molecule has 4 nitrogen and oxygen atoms in total. The van der Waals surface area contributed by atoms with Gasteiger partial charge in [0.2, 0.25) is 0 Å². The van der Waals surface area contributed by atoms with Crippen molar-refractivity contribution in [2.75, 3.05) is 24.5 Å². The highest BCUT2D eigenvalue weighted by Crippen LogP contribution is 2.31. The summed E-state index contributed by atoms with van der Waals surface area (Å²) in [6, 6.07) is 9.20. The first-order valence-electron chi connectivity index (χ1n) is 9.40. The summed E-state index contributed by atoms with van der Waals surface area (Å²) in [5.41, 5.74) is 0.381. The van der Waals surface area contributed by atoms with E-state index in [2.05, 4.69) is 4.90 Å². The Kier molecular flexibility index (Phi) is 6.70. The average Bonchev–Trinajstić information content (AvgIpc) is 2.70. The molecule has 5 rings (SSSR count). The molecule has 3 aliphatic rings. The summed E-state index contributed by atoms with van der Waals surface area (Å²) in [6.07, 6.45) is 1.02. The fourth-order valence-electron chi connectivity index (χ4n) is 3.98. The van der Waals surface area contributed by atoms with E-state index in [1.807, 2.05) is 0 Å². The molecule has 0 saturated carbocycles. The molecule has 2 aromatic carbocycles. The third-order valence-corrected chi connectivity index (χ3v) is 5.54. The Morgan fingerprint density at radius 3 is 2.38 bits per heavy atom. The molecule has 0 unspecified atom stereocenters. The Hall–Kier alpha value is -2.25. The number of nitrogens with zero attached hydrogens (tertiary/aromatic N) is 2. The molecule has 2 bridgehead atoms. The van der Waals surface area contributed by atoms with Gasteiger partial charge in [0, 0.05) is 6.54 Å². The Labute approximate surface area is 173 Å². The zero-order valence-electron chi connectivity index (χ0n) is 15.7. The van der Waals surface area contributed by atoms with Gasteiger partial charge in [0.1, 0.15) is 11.9 Å². The number of benzene rings is 2. The molecule has 0 spiro atoms. The Bertz CT molecular complexity index is 875. The van der Waals surface area contributed by atoms with Crippen molar-refractivity contribution in [3.8, 4) is 0 Å². The maximum Gasteiger partial charge on any atom is 0.415 e. The second kappa shape index (κ2) is 9.05. The molecule has 156 valence electrons. The van der Waals surface area contributed by atoms with Crippen molar-refractivity contribution in [3.63, 3.8) is 0 Å². The highest BCUT2D eigenvalue weighted by atomic mass is 35.5. The molecular weight excluding hydrogens is 405 g/mol. The predicted molar refractivity (Wildman–Crippen MR) is 106 cm³/mol. The summed E-state index contributed by atoms with van der Waals surface area (Å²) in [7, 11) is 0. The van der Waals surface area contributed by atoms with Crippen LogP contribution in [-0.2, 0) is 11.3 Å². The van der Waals surface area contributed by atoms with Crippen molar-refractivity contribution in [2.24, 2.45) is 5.92 Å². The highest BCUT2D eigenvalue weighted by molar-refractivity contribution is 5.87. The van der Waals surface area contributed by atoms with E-state index in [0.717, 1.165) is 43.0 Å². The molecule has 0 aliphatic carbocycles. The SMILES string of the molecule is Cl.O=C(O[C@H]1CN2CCC1CC2)N(Cc1ccc(F)c(F)c1)c1ccccc1F. The van der Waals surface area contributed by atoms with Crippen molar-refractivity contribution in [1.29, 1.82) is 0 Å². The summed E-state index contributed by atoms with van der Waals surface area (Å²) in [5.74, 6) is -2.27. The second-order valence-corrected chi connectivity index (χ2v) is 7.35. The number of halogens is 4. The Morgan fingerprint density at radius 1 is 1.03 bits per heavy atom. The third-order valence-electron chi connectivity index (χ3n) is 5.54. The van der Waals surface area contributed by atoms with E-state index in [1.54, 1.807) is 6.07 Å². The van der Waals surface area contributed by atoms with Gasteiger partial charge in [-0.15, -0.1) is 12.4 Å². The summed E-state index contributed by atoms with van der Waals surface area (Å²) >= 11 is 0. The number of carbonyl (C=O) groups excluding carboxylic acids is 1. The zero-order chi connectivity index (χ0) is 19.7. The van der Waals surface area contributed by atoms with Crippen LogP contribution in [0, 0.1) is 23.4 Å². The first kappa shape index (κ1) is 21.5. The largest absolute Gasteiger partial charge is 0.444 e. The number of para-hydroxylation sites is 1. The predicted octanol–water partition coefficient (Wildman–Crippen LogP) is 4.76. The van der Waals surface area contributed by atoms with Gasteiger partial charge in [-0.3, -0.25) is 9.80 Å². The first-order valence-corrected chi connectivity index (χ1v) is 9.40. The topological polar surface area (TPSA) is 32.8 Å². The maximum atomic E-state index is 14.4. The molecule has 3 heterocycles. The molecule has 3 aliphatic heterocycles. The molecule has 3 saturated heterocycles. The van der Waals surface area contributed by atoms with E-state index < -0.39 is 23.5 Å². The summed E-state index contributed by atoms with van der Waals surface area (Å²) in [6.45, 7) is 2.56. The van der Waals surface area contributed by atoms with Crippen molar-refractivity contribution in [2.45, 2.75) is 25.5 Å². The highest BCUT2D eigenvalue weighted by Gasteiger charge is 2.37. The van der Waals surface area contributed by atoms with Crippen LogP contribution in [-0.4, -0.2) is 36.7 Å². The number of carbonyl (C=O) groups is 1.